The van der Waals surface area contributed by atoms with Crippen molar-refractivity contribution in [3.05, 3.63) is 29.3 Å². The Hall–Kier alpha value is -2.53. The SMILES string of the molecule is CC(Nc1ccc(C#N)c(C#N)c1)C(=O)NC1CCCC1. The van der Waals surface area contributed by atoms with Gasteiger partial charge >= 0.3 is 0 Å². The van der Waals surface area contributed by atoms with Gasteiger partial charge in [-0.2, -0.15) is 10.5 Å². The van der Waals surface area contributed by atoms with E-state index in [2.05, 4.69) is 10.6 Å². The predicted molar refractivity (Wildman–Crippen MR) is 79.4 cm³/mol. The lowest BCUT2D eigenvalue weighted by atomic mass is 10.1. The molecule has 5 heteroatoms. The van der Waals surface area contributed by atoms with Gasteiger partial charge in [-0.1, -0.05) is 12.8 Å². The van der Waals surface area contributed by atoms with Crippen molar-refractivity contribution in [3.63, 3.8) is 0 Å². The van der Waals surface area contributed by atoms with E-state index < -0.39 is 0 Å². The Kier molecular flexibility index (Phi) is 4.79. The van der Waals surface area contributed by atoms with E-state index in [9.17, 15) is 4.79 Å². The first kappa shape index (κ1) is 14.9. The van der Waals surface area contributed by atoms with Gasteiger partial charge < -0.3 is 10.6 Å². The minimum absolute atomic E-state index is 0.0373. The molecule has 2 rings (SSSR count). The number of anilines is 1. The van der Waals surface area contributed by atoms with Crippen molar-refractivity contribution in [3.8, 4) is 12.1 Å². The number of benzene rings is 1. The van der Waals surface area contributed by atoms with E-state index in [-0.39, 0.29) is 18.0 Å². The summed E-state index contributed by atoms with van der Waals surface area (Å²) < 4.78 is 0. The standard InChI is InChI=1S/C16H18N4O/c1-11(16(21)20-14-4-2-3-5-14)19-15-7-6-12(9-17)13(8-15)10-18/h6-8,11,14,19H,2-5H2,1H3,(H,20,21). The number of carbonyl (C=O) groups excluding carboxylic acids is 1. The van der Waals surface area contributed by atoms with Gasteiger partial charge in [0.1, 0.15) is 18.2 Å². The molecule has 1 unspecified atom stereocenters. The Labute approximate surface area is 124 Å². The highest BCUT2D eigenvalue weighted by Crippen LogP contribution is 2.18. The van der Waals surface area contributed by atoms with Crippen molar-refractivity contribution in [2.24, 2.45) is 0 Å². The quantitative estimate of drug-likeness (QED) is 0.886. The van der Waals surface area contributed by atoms with Gasteiger partial charge in [0.25, 0.3) is 0 Å². The van der Waals surface area contributed by atoms with E-state index in [1.807, 2.05) is 12.1 Å². The average Bonchev–Trinajstić information content (AvgIpc) is 2.99. The topological polar surface area (TPSA) is 88.7 Å². The lowest BCUT2D eigenvalue weighted by Crippen LogP contribution is -2.42. The molecule has 2 N–H and O–H groups in total. The van der Waals surface area contributed by atoms with E-state index >= 15 is 0 Å². The number of rotatable bonds is 4. The van der Waals surface area contributed by atoms with Crippen molar-refractivity contribution in [2.75, 3.05) is 5.32 Å². The van der Waals surface area contributed by atoms with Crippen LogP contribution in [0.1, 0.15) is 43.7 Å². The minimum atomic E-state index is -0.384. The van der Waals surface area contributed by atoms with Crippen molar-refractivity contribution in [2.45, 2.75) is 44.7 Å². The molecule has 1 atom stereocenters. The molecule has 0 spiro atoms. The zero-order valence-corrected chi connectivity index (χ0v) is 12.0. The third-order valence-electron chi connectivity index (χ3n) is 3.74. The molecular weight excluding hydrogens is 264 g/mol. The van der Waals surface area contributed by atoms with Gasteiger partial charge in [0, 0.05) is 11.7 Å². The Morgan fingerprint density at radius 2 is 1.90 bits per heavy atom. The number of carbonyl (C=O) groups is 1. The number of hydrogen-bond donors (Lipinski definition) is 2. The lowest BCUT2D eigenvalue weighted by molar-refractivity contribution is -0.122. The Bertz CT molecular complexity index is 606. The molecule has 108 valence electrons. The molecular formula is C16H18N4O. The summed E-state index contributed by atoms with van der Waals surface area (Å²) in [6, 6.07) is 8.75. The maximum absolute atomic E-state index is 12.1. The smallest absolute Gasteiger partial charge is 0.242 e. The van der Waals surface area contributed by atoms with Crippen molar-refractivity contribution in [1.82, 2.24) is 5.32 Å². The molecule has 0 radical (unpaired) electrons. The van der Waals surface area contributed by atoms with Gasteiger partial charge in [-0.25, -0.2) is 0 Å². The van der Waals surface area contributed by atoms with Crippen LogP contribution in [-0.2, 0) is 4.79 Å². The monoisotopic (exact) mass is 282 g/mol. The second kappa shape index (κ2) is 6.76. The number of nitriles is 2. The zero-order chi connectivity index (χ0) is 15.2. The summed E-state index contributed by atoms with van der Waals surface area (Å²) in [4.78, 5) is 12.1. The fourth-order valence-electron chi connectivity index (χ4n) is 2.54. The highest BCUT2D eigenvalue weighted by molar-refractivity contribution is 5.84. The van der Waals surface area contributed by atoms with Crippen LogP contribution in [0.2, 0.25) is 0 Å². The van der Waals surface area contributed by atoms with Crippen LogP contribution in [0, 0.1) is 22.7 Å². The van der Waals surface area contributed by atoms with Gasteiger partial charge in [-0.3, -0.25) is 4.79 Å². The highest BCUT2D eigenvalue weighted by Gasteiger charge is 2.20. The molecule has 5 nitrogen and oxygen atoms in total. The average molecular weight is 282 g/mol. The van der Waals surface area contributed by atoms with E-state index in [0.29, 0.717) is 16.8 Å². The summed E-state index contributed by atoms with van der Waals surface area (Å²) in [5.41, 5.74) is 1.32. The van der Waals surface area contributed by atoms with Gasteiger partial charge in [-0.05, 0) is 38.0 Å². The zero-order valence-electron chi connectivity index (χ0n) is 12.0. The van der Waals surface area contributed by atoms with Crippen LogP contribution in [0.15, 0.2) is 18.2 Å². The molecule has 0 heterocycles. The summed E-state index contributed by atoms with van der Waals surface area (Å²) in [7, 11) is 0. The minimum Gasteiger partial charge on any atom is -0.374 e. The molecule has 1 amide bonds. The maximum atomic E-state index is 12.1. The van der Waals surface area contributed by atoms with Gasteiger partial charge in [-0.15, -0.1) is 0 Å². The number of amides is 1. The first-order valence-electron chi connectivity index (χ1n) is 7.15. The van der Waals surface area contributed by atoms with Crippen LogP contribution in [0.25, 0.3) is 0 Å². The summed E-state index contributed by atoms with van der Waals surface area (Å²) in [6.07, 6.45) is 4.45. The molecule has 0 saturated heterocycles. The lowest BCUT2D eigenvalue weighted by Gasteiger charge is -2.18. The van der Waals surface area contributed by atoms with Crippen molar-refractivity contribution < 1.29 is 4.79 Å². The fourth-order valence-corrected chi connectivity index (χ4v) is 2.54. The molecule has 0 aromatic heterocycles. The summed E-state index contributed by atoms with van der Waals surface area (Å²) in [5, 5.41) is 24.0. The van der Waals surface area contributed by atoms with Crippen LogP contribution < -0.4 is 10.6 Å². The van der Waals surface area contributed by atoms with Crippen LogP contribution in [0.4, 0.5) is 5.69 Å². The summed E-state index contributed by atoms with van der Waals surface area (Å²) in [6.45, 7) is 1.79. The molecule has 21 heavy (non-hydrogen) atoms. The van der Waals surface area contributed by atoms with E-state index in [0.717, 1.165) is 12.8 Å². The van der Waals surface area contributed by atoms with Gasteiger partial charge in [0.15, 0.2) is 0 Å². The highest BCUT2D eigenvalue weighted by atomic mass is 16.2. The van der Waals surface area contributed by atoms with E-state index in [1.165, 1.54) is 12.8 Å². The van der Waals surface area contributed by atoms with Crippen LogP contribution in [0.3, 0.4) is 0 Å². The predicted octanol–water partition coefficient (Wildman–Crippen LogP) is 2.29. The molecule has 1 aliphatic carbocycles. The Morgan fingerprint density at radius 1 is 1.24 bits per heavy atom. The summed E-state index contributed by atoms with van der Waals surface area (Å²) >= 11 is 0. The Balaban J connectivity index is 1.99. The molecule has 0 bridgehead atoms. The second-order valence-corrected chi connectivity index (χ2v) is 5.34. The molecule has 1 fully saturated rings. The second-order valence-electron chi connectivity index (χ2n) is 5.34. The maximum Gasteiger partial charge on any atom is 0.242 e. The van der Waals surface area contributed by atoms with Crippen LogP contribution in [0.5, 0.6) is 0 Å². The Morgan fingerprint density at radius 3 is 2.52 bits per heavy atom. The van der Waals surface area contributed by atoms with Gasteiger partial charge in [0.2, 0.25) is 5.91 Å². The molecule has 1 aromatic carbocycles. The third kappa shape index (κ3) is 3.73. The molecule has 1 saturated carbocycles. The molecule has 0 aliphatic heterocycles. The summed E-state index contributed by atoms with van der Waals surface area (Å²) in [5.74, 6) is -0.0373. The number of hydrogen-bond acceptors (Lipinski definition) is 4. The van der Waals surface area contributed by atoms with Crippen molar-refractivity contribution in [1.29, 1.82) is 10.5 Å². The largest absolute Gasteiger partial charge is 0.374 e. The third-order valence-corrected chi connectivity index (χ3v) is 3.74. The molecule has 1 aromatic rings. The first-order chi connectivity index (χ1) is 10.1. The number of nitrogens with one attached hydrogen (secondary N) is 2. The van der Waals surface area contributed by atoms with Crippen molar-refractivity contribution >= 4 is 11.6 Å². The van der Waals surface area contributed by atoms with E-state index in [4.69, 9.17) is 10.5 Å². The van der Waals surface area contributed by atoms with Crippen LogP contribution >= 0.6 is 0 Å². The normalized spacial score (nSPS) is 15.8. The van der Waals surface area contributed by atoms with Crippen LogP contribution in [-0.4, -0.2) is 18.0 Å². The van der Waals surface area contributed by atoms with E-state index in [1.54, 1.807) is 25.1 Å². The number of nitrogens with zero attached hydrogens (tertiary/aromatic N) is 2. The first-order valence-corrected chi connectivity index (χ1v) is 7.15. The van der Waals surface area contributed by atoms with Gasteiger partial charge in [0.05, 0.1) is 11.1 Å². The fraction of sp³-hybridized carbons (Fsp3) is 0.438. The molecule has 1 aliphatic rings.